The zero-order valence-electron chi connectivity index (χ0n) is 10.3. The molecule has 0 saturated heterocycles. The molecular weight excluding hydrogens is 250 g/mol. The number of rotatable bonds is 6. The molecule has 1 aromatic heterocycles. The minimum Gasteiger partial charge on any atom is -0.425 e. The second-order valence-electron chi connectivity index (χ2n) is 4.00. The summed E-state index contributed by atoms with van der Waals surface area (Å²) in [5.74, 6) is 1.30. The van der Waals surface area contributed by atoms with Crippen LogP contribution in [0.2, 0.25) is 5.02 Å². The molecule has 5 heteroatoms. The lowest BCUT2D eigenvalue weighted by molar-refractivity contribution is 0.452. The van der Waals surface area contributed by atoms with Crippen LogP contribution in [0.1, 0.15) is 24.3 Å². The first-order valence-corrected chi connectivity index (χ1v) is 6.42. The third-order valence-corrected chi connectivity index (χ3v) is 2.75. The lowest BCUT2D eigenvalue weighted by atomic mass is 10.1. The van der Waals surface area contributed by atoms with Gasteiger partial charge in [0.05, 0.1) is 6.42 Å². The van der Waals surface area contributed by atoms with Crippen LogP contribution in [-0.4, -0.2) is 23.3 Å². The largest absolute Gasteiger partial charge is 0.425 e. The van der Waals surface area contributed by atoms with Crippen molar-refractivity contribution >= 4 is 11.6 Å². The highest BCUT2D eigenvalue weighted by Crippen LogP contribution is 2.14. The van der Waals surface area contributed by atoms with Crippen molar-refractivity contribution in [3.63, 3.8) is 0 Å². The van der Waals surface area contributed by atoms with Gasteiger partial charge in [0.2, 0.25) is 11.8 Å². The molecule has 4 nitrogen and oxygen atoms in total. The monoisotopic (exact) mass is 265 g/mol. The number of halogens is 1. The van der Waals surface area contributed by atoms with Crippen LogP contribution in [0.5, 0.6) is 0 Å². The Hall–Kier alpha value is -1.39. The zero-order chi connectivity index (χ0) is 12.8. The number of nitrogens with zero attached hydrogens (tertiary/aromatic N) is 2. The maximum atomic E-state index is 5.93. The molecule has 0 aliphatic heterocycles. The van der Waals surface area contributed by atoms with Gasteiger partial charge in [0.1, 0.15) is 0 Å². The second kappa shape index (κ2) is 6.52. The first-order chi connectivity index (χ1) is 8.78. The van der Waals surface area contributed by atoms with Gasteiger partial charge >= 0.3 is 0 Å². The van der Waals surface area contributed by atoms with E-state index in [2.05, 4.69) is 22.4 Å². The van der Waals surface area contributed by atoms with Crippen molar-refractivity contribution in [3.8, 4) is 0 Å². The highest BCUT2D eigenvalue weighted by molar-refractivity contribution is 6.30. The number of aromatic nitrogens is 2. The molecule has 0 saturated carbocycles. The molecule has 0 aliphatic carbocycles. The molecule has 0 spiro atoms. The fourth-order valence-electron chi connectivity index (χ4n) is 1.65. The summed E-state index contributed by atoms with van der Waals surface area (Å²) in [5, 5.41) is 12.0. The number of likely N-dealkylation sites (N-methyl/N-ethyl adjacent to an activating group) is 1. The van der Waals surface area contributed by atoms with Crippen LogP contribution >= 0.6 is 11.6 Å². The zero-order valence-corrected chi connectivity index (χ0v) is 11.1. The molecule has 0 amide bonds. The molecule has 0 fully saturated rings. The molecule has 0 radical (unpaired) electrons. The Morgan fingerprint density at radius 1 is 1.28 bits per heavy atom. The SMILES string of the molecule is CCNCCc1nnc(Cc2cccc(Cl)c2)o1. The van der Waals surface area contributed by atoms with Gasteiger partial charge in [0.25, 0.3) is 0 Å². The van der Waals surface area contributed by atoms with Crippen LogP contribution in [0.25, 0.3) is 0 Å². The molecule has 0 aliphatic rings. The van der Waals surface area contributed by atoms with Gasteiger partial charge in [-0.2, -0.15) is 0 Å². The summed E-state index contributed by atoms with van der Waals surface area (Å²) in [7, 11) is 0. The van der Waals surface area contributed by atoms with Crippen LogP contribution in [-0.2, 0) is 12.8 Å². The van der Waals surface area contributed by atoms with E-state index in [4.69, 9.17) is 16.0 Å². The van der Waals surface area contributed by atoms with E-state index in [9.17, 15) is 0 Å². The van der Waals surface area contributed by atoms with E-state index >= 15 is 0 Å². The minimum atomic E-state index is 0.620. The molecule has 1 N–H and O–H groups in total. The third-order valence-electron chi connectivity index (χ3n) is 2.52. The Bertz CT molecular complexity index is 498. The first kappa shape index (κ1) is 13.1. The van der Waals surface area contributed by atoms with E-state index in [1.807, 2.05) is 24.3 Å². The normalized spacial score (nSPS) is 10.8. The van der Waals surface area contributed by atoms with Crippen LogP contribution < -0.4 is 5.32 Å². The maximum Gasteiger partial charge on any atom is 0.220 e. The van der Waals surface area contributed by atoms with Crippen molar-refractivity contribution in [3.05, 3.63) is 46.6 Å². The molecule has 18 heavy (non-hydrogen) atoms. The van der Waals surface area contributed by atoms with Gasteiger partial charge < -0.3 is 9.73 Å². The van der Waals surface area contributed by atoms with E-state index in [0.717, 1.165) is 30.1 Å². The van der Waals surface area contributed by atoms with Gasteiger partial charge in [0, 0.05) is 18.0 Å². The molecule has 1 heterocycles. The molecule has 96 valence electrons. The van der Waals surface area contributed by atoms with E-state index in [0.29, 0.717) is 18.2 Å². The van der Waals surface area contributed by atoms with E-state index in [-0.39, 0.29) is 0 Å². The summed E-state index contributed by atoms with van der Waals surface area (Å²) >= 11 is 5.93. The quantitative estimate of drug-likeness (QED) is 0.816. The van der Waals surface area contributed by atoms with E-state index < -0.39 is 0 Å². The van der Waals surface area contributed by atoms with Crippen molar-refractivity contribution in [1.29, 1.82) is 0 Å². The van der Waals surface area contributed by atoms with Gasteiger partial charge in [-0.3, -0.25) is 0 Å². The number of benzene rings is 1. The first-order valence-electron chi connectivity index (χ1n) is 6.04. The van der Waals surface area contributed by atoms with Crippen molar-refractivity contribution in [2.45, 2.75) is 19.8 Å². The summed E-state index contributed by atoms with van der Waals surface area (Å²) in [6.45, 7) is 3.87. The standard InChI is InChI=1S/C13H16ClN3O/c1-2-15-7-6-12-16-17-13(18-12)9-10-4-3-5-11(14)8-10/h3-5,8,15H,2,6-7,9H2,1H3. The fraction of sp³-hybridized carbons (Fsp3) is 0.385. The maximum absolute atomic E-state index is 5.93. The highest BCUT2D eigenvalue weighted by Gasteiger charge is 2.06. The van der Waals surface area contributed by atoms with Crippen molar-refractivity contribution < 1.29 is 4.42 Å². The smallest absolute Gasteiger partial charge is 0.220 e. The topological polar surface area (TPSA) is 51.0 Å². The van der Waals surface area contributed by atoms with Crippen LogP contribution in [0.4, 0.5) is 0 Å². The van der Waals surface area contributed by atoms with Crippen LogP contribution in [0.15, 0.2) is 28.7 Å². The Kier molecular flexibility index (Phi) is 4.73. The van der Waals surface area contributed by atoms with Crippen molar-refractivity contribution in [2.75, 3.05) is 13.1 Å². The van der Waals surface area contributed by atoms with Crippen molar-refractivity contribution in [2.24, 2.45) is 0 Å². The average molecular weight is 266 g/mol. The van der Waals surface area contributed by atoms with Crippen molar-refractivity contribution in [1.82, 2.24) is 15.5 Å². The average Bonchev–Trinajstić information content (AvgIpc) is 2.77. The molecular formula is C13H16ClN3O. The molecule has 0 atom stereocenters. The number of nitrogens with one attached hydrogen (secondary N) is 1. The van der Waals surface area contributed by atoms with E-state index in [1.165, 1.54) is 0 Å². The van der Waals surface area contributed by atoms with E-state index in [1.54, 1.807) is 0 Å². The summed E-state index contributed by atoms with van der Waals surface area (Å²) in [4.78, 5) is 0. The van der Waals surface area contributed by atoms with Gasteiger partial charge in [-0.15, -0.1) is 10.2 Å². The van der Waals surface area contributed by atoms with Crippen LogP contribution in [0.3, 0.4) is 0 Å². The summed E-state index contributed by atoms with van der Waals surface area (Å²) in [5.41, 5.74) is 1.07. The van der Waals surface area contributed by atoms with Gasteiger partial charge in [-0.05, 0) is 24.2 Å². The Balaban J connectivity index is 1.94. The Morgan fingerprint density at radius 3 is 2.89 bits per heavy atom. The summed E-state index contributed by atoms with van der Waals surface area (Å²) < 4.78 is 5.57. The lowest BCUT2D eigenvalue weighted by Crippen LogP contribution is -2.16. The Morgan fingerprint density at radius 2 is 2.11 bits per heavy atom. The molecule has 1 aromatic carbocycles. The lowest BCUT2D eigenvalue weighted by Gasteiger charge is -1.98. The minimum absolute atomic E-state index is 0.620. The molecule has 0 unspecified atom stereocenters. The summed E-state index contributed by atoms with van der Waals surface area (Å²) in [6, 6.07) is 7.67. The van der Waals surface area contributed by atoms with Gasteiger partial charge in [-0.25, -0.2) is 0 Å². The number of hydrogen-bond acceptors (Lipinski definition) is 4. The third kappa shape index (κ3) is 3.82. The van der Waals surface area contributed by atoms with Crippen LogP contribution in [0, 0.1) is 0 Å². The molecule has 2 aromatic rings. The molecule has 2 rings (SSSR count). The predicted octanol–water partition coefficient (Wildman–Crippen LogP) is 2.47. The second-order valence-corrected chi connectivity index (χ2v) is 4.44. The number of hydrogen-bond donors (Lipinski definition) is 1. The van der Waals surface area contributed by atoms with Gasteiger partial charge in [-0.1, -0.05) is 30.7 Å². The Labute approximate surface area is 111 Å². The fourth-order valence-corrected chi connectivity index (χ4v) is 1.87. The molecule has 0 bridgehead atoms. The van der Waals surface area contributed by atoms with Gasteiger partial charge in [0.15, 0.2) is 0 Å². The predicted molar refractivity (Wildman–Crippen MR) is 70.8 cm³/mol. The summed E-state index contributed by atoms with van der Waals surface area (Å²) in [6.07, 6.45) is 1.38. The highest BCUT2D eigenvalue weighted by atomic mass is 35.5.